The van der Waals surface area contributed by atoms with Crippen LogP contribution in [0, 0.1) is 5.92 Å². The third-order valence-electron chi connectivity index (χ3n) is 4.09. The van der Waals surface area contributed by atoms with Crippen LogP contribution in [0.1, 0.15) is 65.2 Å². The first kappa shape index (κ1) is 18.5. The van der Waals surface area contributed by atoms with Crippen LogP contribution in [0.4, 0.5) is 0 Å². The Morgan fingerprint density at radius 2 is 1.82 bits per heavy atom. The van der Waals surface area contributed by atoms with Crippen LogP contribution in [0.3, 0.4) is 0 Å². The third-order valence-corrected chi connectivity index (χ3v) is 4.09. The van der Waals surface area contributed by atoms with Gasteiger partial charge < -0.3 is 15.7 Å². The number of nitrogens with one attached hydrogen (secondary N) is 2. The Kier molecular flexibility index (Phi) is 7.91. The van der Waals surface area contributed by atoms with E-state index < -0.39 is 12.0 Å². The van der Waals surface area contributed by atoms with Gasteiger partial charge in [-0.2, -0.15) is 0 Å². The molecule has 22 heavy (non-hydrogen) atoms. The van der Waals surface area contributed by atoms with Crippen LogP contribution in [0.15, 0.2) is 0 Å². The van der Waals surface area contributed by atoms with Crippen LogP contribution in [-0.4, -0.2) is 35.0 Å². The fraction of sp³-hybridized carbons (Fsp3) is 0.812. The molecule has 0 aromatic rings. The Morgan fingerprint density at radius 1 is 1.18 bits per heavy atom. The van der Waals surface area contributed by atoms with Gasteiger partial charge >= 0.3 is 5.97 Å². The van der Waals surface area contributed by atoms with Gasteiger partial charge in [0.05, 0.1) is 0 Å². The highest BCUT2D eigenvalue weighted by Gasteiger charge is 2.25. The number of rotatable bonds is 9. The van der Waals surface area contributed by atoms with E-state index in [0.29, 0.717) is 6.42 Å². The largest absolute Gasteiger partial charge is 0.480 e. The van der Waals surface area contributed by atoms with Crippen molar-refractivity contribution in [2.45, 2.75) is 77.3 Å². The molecule has 0 aromatic heterocycles. The van der Waals surface area contributed by atoms with Crippen LogP contribution in [0.25, 0.3) is 0 Å². The molecule has 1 fully saturated rings. The van der Waals surface area contributed by atoms with Crippen LogP contribution in [0.5, 0.6) is 0 Å². The van der Waals surface area contributed by atoms with Crippen molar-refractivity contribution < 1.29 is 19.5 Å². The van der Waals surface area contributed by atoms with Crippen LogP contribution in [0.2, 0.25) is 0 Å². The highest BCUT2D eigenvalue weighted by atomic mass is 16.4. The number of hydrogen-bond acceptors (Lipinski definition) is 3. The van der Waals surface area contributed by atoms with Gasteiger partial charge in [-0.15, -0.1) is 0 Å². The molecule has 126 valence electrons. The Balaban J connectivity index is 2.35. The maximum Gasteiger partial charge on any atom is 0.326 e. The molecule has 0 bridgehead atoms. The minimum atomic E-state index is -1.01. The maximum absolute atomic E-state index is 12.0. The molecule has 2 amide bonds. The van der Waals surface area contributed by atoms with Gasteiger partial charge in [-0.3, -0.25) is 9.59 Å². The van der Waals surface area contributed by atoms with E-state index in [2.05, 4.69) is 10.6 Å². The standard InChI is InChI=1S/C16H28N2O4/c1-3-4-9-13(16(21)22)18-14(19)10-11(2)17-15(20)12-7-5-6-8-12/h11-13H,3-10H2,1-2H3,(H,17,20)(H,18,19)(H,21,22). The monoisotopic (exact) mass is 312 g/mol. The summed E-state index contributed by atoms with van der Waals surface area (Å²) >= 11 is 0. The lowest BCUT2D eigenvalue weighted by molar-refractivity contribution is -0.142. The number of hydrogen-bond donors (Lipinski definition) is 3. The van der Waals surface area contributed by atoms with Gasteiger partial charge in [0.15, 0.2) is 0 Å². The summed E-state index contributed by atoms with van der Waals surface area (Å²) in [6.45, 7) is 3.75. The van der Waals surface area contributed by atoms with Crippen LogP contribution in [-0.2, 0) is 14.4 Å². The fourth-order valence-corrected chi connectivity index (χ4v) is 2.80. The van der Waals surface area contributed by atoms with E-state index in [1.807, 2.05) is 6.92 Å². The summed E-state index contributed by atoms with van der Waals surface area (Å²) in [5, 5.41) is 14.5. The zero-order chi connectivity index (χ0) is 16.5. The lowest BCUT2D eigenvalue weighted by atomic mass is 10.1. The van der Waals surface area contributed by atoms with Crippen molar-refractivity contribution >= 4 is 17.8 Å². The normalized spacial score (nSPS) is 17.7. The molecule has 1 aliphatic carbocycles. The number of amides is 2. The minimum absolute atomic E-state index is 0.0126. The Morgan fingerprint density at radius 3 is 2.36 bits per heavy atom. The molecule has 0 aliphatic heterocycles. The molecular formula is C16H28N2O4. The first-order valence-corrected chi connectivity index (χ1v) is 8.26. The lowest BCUT2D eigenvalue weighted by Crippen LogP contribution is -2.44. The van der Waals surface area contributed by atoms with E-state index in [1.165, 1.54) is 0 Å². The summed E-state index contributed by atoms with van der Waals surface area (Å²) in [6, 6.07) is -1.13. The lowest BCUT2D eigenvalue weighted by Gasteiger charge is -2.19. The van der Waals surface area contributed by atoms with Gasteiger partial charge in [0.25, 0.3) is 0 Å². The van der Waals surface area contributed by atoms with E-state index in [1.54, 1.807) is 6.92 Å². The van der Waals surface area contributed by atoms with Crippen molar-refractivity contribution in [3.8, 4) is 0 Å². The van der Waals surface area contributed by atoms with E-state index in [0.717, 1.165) is 38.5 Å². The van der Waals surface area contributed by atoms with Gasteiger partial charge in [0.1, 0.15) is 6.04 Å². The molecule has 6 heteroatoms. The number of carboxylic acids is 1. The van der Waals surface area contributed by atoms with Gasteiger partial charge in [-0.05, 0) is 26.2 Å². The number of unbranched alkanes of at least 4 members (excludes halogenated alkanes) is 1. The molecule has 0 saturated heterocycles. The molecule has 6 nitrogen and oxygen atoms in total. The molecular weight excluding hydrogens is 284 g/mol. The molecule has 3 N–H and O–H groups in total. The van der Waals surface area contributed by atoms with Crippen molar-refractivity contribution in [3.05, 3.63) is 0 Å². The molecule has 0 spiro atoms. The summed E-state index contributed by atoms with van der Waals surface area (Å²) in [7, 11) is 0. The number of aliphatic carboxylic acids is 1. The smallest absolute Gasteiger partial charge is 0.326 e. The molecule has 1 saturated carbocycles. The van der Waals surface area contributed by atoms with Gasteiger partial charge in [0.2, 0.25) is 11.8 Å². The molecule has 0 aromatic carbocycles. The van der Waals surface area contributed by atoms with Crippen molar-refractivity contribution in [3.63, 3.8) is 0 Å². The second-order valence-electron chi connectivity index (χ2n) is 6.20. The quantitative estimate of drug-likeness (QED) is 0.605. The third kappa shape index (κ3) is 6.45. The predicted molar refractivity (Wildman–Crippen MR) is 83.3 cm³/mol. The maximum atomic E-state index is 12.0. The van der Waals surface area contributed by atoms with Crippen molar-refractivity contribution in [1.29, 1.82) is 0 Å². The van der Waals surface area contributed by atoms with E-state index in [4.69, 9.17) is 5.11 Å². The topological polar surface area (TPSA) is 95.5 Å². The summed E-state index contributed by atoms with van der Waals surface area (Å²) in [5.41, 5.74) is 0. The Bertz CT molecular complexity index is 392. The van der Waals surface area contributed by atoms with Crippen LogP contribution < -0.4 is 10.6 Å². The van der Waals surface area contributed by atoms with Gasteiger partial charge in [0, 0.05) is 18.4 Å². The second kappa shape index (κ2) is 9.43. The number of carbonyl (C=O) groups is 3. The average Bonchev–Trinajstić information content (AvgIpc) is 2.96. The molecule has 2 unspecified atom stereocenters. The zero-order valence-electron chi connectivity index (χ0n) is 13.6. The molecule has 0 radical (unpaired) electrons. The molecule has 0 heterocycles. The summed E-state index contributed by atoms with van der Waals surface area (Å²) in [4.78, 5) is 35.0. The highest BCUT2D eigenvalue weighted by Crippen LogP contribution is 2.24. The Labute approximate surface area is 132 Å². The van der Waals surface area contributed by atoms with Crippen LogP contribution >= 0.6 is 0 Å². The van der Waals surface area contributed by atoms with Gasteiger partial charge in [-0.25, -0.2) is 4.79 Å². The van der Waals surface area contributed by atoms with Crippen molar-refractivity contribution in [2.24, 2.45) is 5.92 Å². The number of carboxylic acid groups (broad SMARTS) is 1. The SMILES string of the molecule is CCCCC(NC(=O)CC(C)NC(=O)C1CCCC1)C(=O)O. The average molecular weight is 312 g/mol. The molecule has 1 rings (SSSR count). The van der Waals surface area contributed by atoms with E-state index >= 15 is 0 Å². The highest BCUT2D eigenvalue weighted by molar-refractivity contribution is 5.84. The minimum Gasteiger partial charge on any atom is -0.480 e. The van der Waals surface area contributed by atoms with Crippen molar-refractivity contribution in [1.82, 2.24) is 10.6 Å². The summed E-state index contributed by atoms with van der Waals surface area (Å²) in [5.74, 6) is -1.26. The zero-order valence-corrected chi connectivity index (χ0v) is 13.6. The van der Waals surface area contributed by atoms with E-state index in [9.17, 15) is 14.4 Å². The Hall–Kier alpha value is -1.59. The fourth-order valence-electron chi connectivity index (χ4n) is 2.80. The predicted octanol–water partition coefficient (Wildman–Crippen LogP) is 1.83. The first-order chi connectivity index (χ1) is 10.4. The van der Waals surface area contributed by atoms with Gasteiger partial charge in [-0.1, -0.05) is 32.6 Å². The second-order valence-corrected chi connectivity index (χ2v) is 6.20. The first-order valence-electron chi connectivity index (χ1n) is 8.26. The number of carbonyl (C=O) groups excluding carboxylic acids is 2. The molecule has 1 aliphatic rings. The van der Waals surface area contributed by atoms with E-state index in [-0.39, 0.29) is 30.2 Å². The molecule has 2 atom stereocenters. The van der Waals surface area contributed by atoms with Crippen molar-refractivity contribution in [2.75, 3.05) is 0 Å². The summed E-state index contributed by atoms with van der Waals surface area (Å²) in [6.07, 6.45) is 6.19. The summed E-state index contributed by atoms with van der Waals surface area (Å²) < 4.78 is 0.